The SMILES string of the molecule is CC1c2c(Cl)cc(Cl)cc2CCN1C(=O)C1CC12CCNCC2. The number of halogens is 2. The molecule has 5 heteroatoms. The molecule has 3 aliphatic rings. The maximum Gasteiger partial charge on any atom is 0.226 e. The number of carbonyl (C=O) groups is 1. The molecule has 1 N–H and O–H groups in total. The van der Waals surface area contributed by atoms with E-state index >= 15 is 0 Å². The van der Waals surface area contributed by atoms with E-state index in [-0.39, 0.29) is 17.4 Å². The third-order valence-electron chi connectivity index (χ3n) is 6.06. The predicted molar refractivity (Wildman–Crippen MR) is 92.9 cm³/mol. The van der Waals surface area contributed by atoms with Crippen molar-refractivity contribution < 1.29 is 4.79 Å². The maximum absolute atomic E-state index is 13.1. The number of hydrogen-bond acceptors (Lipinski definition) is 2. The third-order valence-corrected chi connectivity index (χ3v) is 6.59. The van der Waals surface area contributed by atoms with E-state index in [1.807, 2.05) is 11.0 Å². The fourth-order valence-corrected chi connectivity index (χ4v) is 5.27. The minimum absolute atomic E-state index is 0.0374. The lowest BCUT2D eigenvalue weighted by molar-refractivity contribution is -0.136. The van der Waals surface area contributed by atoms with Crippen molar-refractivity contribution in [1.82, 2.24) is 10.2 Å². The second kappa shape index (κ2) is 5.65. The first-order valence-electron chi connectivity index (χ1n) is 8.51. The number of nitrogens with one attached hydrogen (secondary N) is 1. The Labute approximate surface area is 147 Å². The summed E-state index contributed by atoms with van der Waals surface area (Å²) in [5.41, 5.74) is 2.55. The highest BCUT2D eigenvalue weighted by Gasteiger charge is 2.59. The highest BCUT2D eigenvalue weighted by atomic mass is 35.5. The molecule has 1 aromatic carbocycles. The molecule has 1 aromatic rings. The molecule has 1 saturated heterocycles. The minimum atomic E-state index is 0.0374. The summed E-state index contributed by atoms with van der Waals surface area (Å²) in [5.74, 6) is 0.552. The van der Waals surface area contributed by atoms with Crippen LogP contribution in [0.2, 0.25) is 10.0 Å². The van der Waals surface area contributed by atoms with Gasteiger partial charge in [-0.25, -0.2) is 0 Å². The molecule has 2 unspecified atom stereocenters. The highest BCUT2D eigenvalue weighted by Crippen LogP contribution is 2.59. The molecule has 0 bridgehead atoms. The van der Waals surface area contributed by atoms with E-state index < -0.39 is 0 Å². The molecule has 1 amide bonds. The molecular formula is C18H22Cl2N2O. The number of benzene rings is 1. The molecule has 23 heavy (non-hydrogen) atoms. The fourth-order valence-electron chi connectivity index (χ4n) is 4.58. The van der Waals surface area contributed by atoms with Crippen molar-refractivity contribution in [3.05, 3.63) is 33.3 Å². The molecule has 124 valence electrons. The van der Waals surface area contributed by atoms with Crippen molar-refractivity contribution in [2.24, 2.45) is 11.3 Å². The number of carbonyl (C=O) groups excluding carboxylic acids is 1. The summed E-state index contributed by atoms with van der Waals surface area (Å²) in [6.07, 6.45) is 4.18. The Bertz CT molecular complexity index is 655. The quantitative estimate of drug-likeness (QED) is 0.832. The van der Waals surface area contributed by atoms with E-state index in [9.17, 15) is 4.79 Å². The van der Waals surface area contributed by atoms with Crippen LogP contribution in [0.5, 0.6) is 0 Å². The van der Waals surface area contributed by atoms with Crippen LogP contribution in [0.25, 0.3) is 0 Å². The zero-order valence-corrected chi connectivity index (χ0v) is 14.9. The number of nitrogens with zero attached hydrogens (tertiary/aromatic N) is 1. The van der Waals surface area contributed by atoms with Crippen LogP contribution in [-0.4, -0.2) is 30.4 Å². The number of hydrogen-bond donors (Lipinski definition) is 1. The smallest absolute Gasteiger partial charge is 0.226 e. The van der Waals surface area contributed by atoms with E-state index in [0.717, 1.165) is 50.9 Å². The van der Waals surface area contributed by atoms with Gasteiger partial charge in [0, 0.05) is 22.5 Å². The molecule has 0 radical (unpaired) electrons. The molecule has 2 fully saturated rings. The molecule has 1 aliphatic carbocycles. The van der Waals surface area contributed by atoms with Crippen LogP contribution in [0.1, 0.15) is 43.4 Å². The van der Waals surface area contributed by atoms with Crippen LogP contribution in [0.4, 0.5) is 0 Å². The van der Waals surface area contributed by atoms with Crippen LogP contribution < -0.4 is 5.32 Å². The summed E-state index contributed by atoms with van der Waals surface area (Å²) < 4.78 is 0. The zero-order chi connectivity index (χ0) is 16.2. The van der Waals surface area contributed by atoms with Crippen LogP contribution in [0.15, 0.2) is 12.1 Å². The van der Waals surface area contributed by atoms with Gasteiger partial charge in [-0.3, -0.25) is 4.79 Å². The van der Waals surface area contributed by atoms with Crippen LogP contribution in [-0.2, 0) is 11.2 Å². The molecule has 0 aromatic heterocycles. The van der Waals surface area contributed by atoms with Gasteiger partial charge in [0.15, 0.2) is 0 Å². The number of amides is 1. The van der Waals surface area contributed by atoms with Crippen LogP contribution in [0.3, 0.4) is 0 Å². The van der Waals surface area contributed by atoms with E-state index in [2.05, 4.69) is 12.2 Å². The second-order valence-electron chi connectivity index (χ2n) is 7.29. The summed E-state index contributed by atoms with van der Waals surface area (Å²) in [4.78, 5) is 15.1. The van der Waals surface area contributed by atoms with Gasteiger partial charge in [0.25, 0.3) is 0 Å². The van der Waals surface area contributed by atoms with E-state index in [1.54, 1.807) is 6.07 Å². The molecule has 1 spiro atoms. The van der Waals surface area contributed by atoms with Crippen molar-refractivity contribution in [2.45, 2.75) is 38.6 Å². The largest absolute Gasteiger partial charge is 0.335 e. The molecule has 2 atom stereocenters. The first-order valence-corrected chi connectivity index (χ1v) is 9.26. The standard InChI is InChI=1S/C18H22Cl2N2O/c1-11-16-12(8-13(19)9-15(16)20)2-7-22(11)17(23)14-10-18(14)3-5-21-6-4-18/h8-9,11,14,21H,2-7,10H2,1H3. The van der Waals surface area contributed by atoms with E-state index in [0.29, 0.717) is 16.0 Å². The van der Waals surface area contributed by atoms with Gasteiger partial charge < -0.3 is 10.2 Å². The van der Waals surface area contributed by atoms with E-state index in [1.165, 1.54) is 5.56 Å². The summed E-state index contributed by atoms with van der Waals surface area (Å²) in [5, 5.41) is 4.76. The van der Waals surface area contributed by atoms with Gasteiger partial charge in [0.2, 0.25) is 5.91 Å². The molecular weight excluding hydrogens is 331 g/mol. The summed E-state index contributed by atoms with van der Waals surface area (Å²) in [7, 11) is 0. The fraction of sp³-hybridized carbons (Fsp3) is 0.611. The first-order chi connectivity index (χ1) is 11.0. The summed E-state index contributed by atoms with van der Waals surface area (Å²) in [6.45, 7) is 4.96. The van der Waals surface area contributed by atoms with Gasteiger partial charge in [-0.1, -0.05) is 23.2 Å². The minimum Gasteiger partial charge on any atom is -0.335 e. The van der Waals surface area contributed by atoms with Crippen molar-refractivity contribution in [2.75, 3.05) is 19.6 Å². The Morgan fingerprint density at radius 3 is 2.78 bits per heavy atom. The number of rotatable bonds is 1. The average molecular weight is 353 g/mol. The highest BCUT2D eigenvalue weighted by molar-refractivity contribution is 6.35. The Balaban J connectivity index is 1.56. The monoisotopic (exact) mass is 352 g/mol. The number of fused-ring (bicyclic) bond motifs is 1. The lowest BCUT2D eigenvalue weighted by Crippen LogP contribution is -2.41. The van der Waals surface area contributed by atoms with Gasteiger partial charge in [-0.05, 0) is 74.4 Å². The molecule has 2 heterocycles. The van der Waals surface area contributed by atoms with Crippen molar-refractivity contribution in [1.29, 1.82) is 0 Å². The van der Waals surface area contributed by atoms with Gasteiger partial charge >= 0.3 is 0 Å². The van der Waals surface area contributed by atoms with Crippen molar-refractivity contribution in [3.8, 4) is 0 Å². The van der Waals surface area contributed by atoms with Gasteiger partial charge in [-0.2, -0.15) is 0 Å². The Kier molecular flexibility index (Phi) is 3.86. The van der Waals surface area contributed by atoms with E-state index in [4.69, 9.17) is 23.2 Å². The summed E-state index contributed by atoms with van der Waals surface area (Å²) in [6, 6.07) is 3.82. The summed E-state index contributed by atoms with van der Waals surface area (Å²) >= 11 is 12.5. The zero-order valence-electron chi connectivity index (χ0n) is 13.4. The maximum atomic E-state index is 13.1. The Morgan fingerprint density at radius 2 is 2.04 bits per heavy atom. The van der Waals surface area contributed by atoms with Crippen molar-refractivity contribution >= 4 is 29.1 Å². The third kappa shape index (κ3) is 2.57. The Hall–Kier alpha value is -0.770. The lowest BCUT2D eigenvalue weighted by Gasteiger charge is -2.37. The van der Waals surface area contributed by atoms with Gasteiger partial charge in [-0.15, -0.1) is 0 Å². The second-order valence-corrected chi connectivity index (χ2v) is 8.13. The van der Waals surface area contributed by atoms with Gasteiger partial charge in [0.1, 0.15) is 0 Å². The lowest BCUT2D eigenvalue weighted by atomic mass is 9.90. The van der Waals surface area contributed by atoms with Crippen molar-refractivity contribution in [3.63, 3.8) is 0 Å². The molecule has 2 aliphatic heterocycles. The number of piperidine rings is 1. The van der Waals surface area contributed by atoms with Crippen LogP contribution in [0, 0.1) is 11.3 Å². The Morgan fingerprint density at radius 1 is 1.30 bits per heavy atom. The first kappa shape index (κ1) is 15.7. The predicted octanol–water partition coefficient (Wildman–Crippen LogP) is 3.83. The molecule has 4 rings (SSSR count). The molecule has 1 saturated carbocycles. The normalized spacial score (nSPS) is 28.6. The van der Waals surface area contributed by atoms with Crippen LogP contribution >= 0.6 is 23.2 Å². The van der Waals surface area contributed by atoms with Gasteiger partial charge in [0.05, 0.1) is 6.04 Å². The molecule has 3 nitrogen and oxygen atoms in total. The topological polar surface area (TPSA) is 32.3 Å². The average Bonchev–Trinajstić information content (AvgIpc) is 3.20.